The van der Waals surface area contributed by atoms with E-state index < -0.39 is 5.60 Å². The topological polar surface area (TPSA) is 78.4 Å². The van der Waals surface area contributed by atoms with Crippen LogP contribution in [0.4, 0.5) is 4.79 Å². The van der Waals surface area contributed by atoms with Crippen molar-refractivity contribution in [2.75, 3.05) is 59.5 Å². The molecule has 2 fully saturated rings. The number of ether oxygens (including phenoxy) is 2. The summed E-state index contributed by atoms with van der Waals surface area (Å²) >= 11 is 0. The van der Waals surface area contributed by atoms with Crippen LogP contribution in [-0.4, -0.2) is 93.0 Å². The maximum absolute atomic E-state index is 12.0. The Morgan fingerprint density at radius 1 is 1.21 bits per heavy atom. The van der Waals surface area contributed by atoms with Gasteiger partial charge in [0.05, 0.1) is 12.6 Å². The molecular formula is C20H39N5O3. The Morgan fingerprint density at radius 2 is 1.89 bits per heavy atom. The van der Waals surface area contributed by atoms with E-state index in [4.69, 9.17) is 14.5 Å². The normalized spacial score (nSPS) is 20.0. The van der Waals surface area contributed by atoms with Crippen molar-refractivity contribution < 1.29 is 14.3 Å². The molecule has 0 spiro atoms. The highest BCUT2D eigenvalue weighted by Gasteiger charge is 2.34. The lowest BCUT2D eigenvalue weighted by Gasteiger charge is -2.40. The van der Waals surface area contributed by atoms with Crippen LogP contribution >= 0.6 is 0 Å². The van der Waals surface area contributed by atoms with Crippen molar-refractivity contribution in [3.8, 4) is 0 Å². The second kappa shape index (κ2) is 10.9. The number of methoxy groups -OCH3 is 1. The minimum atomic E-state index is -0.453. The lowest BCUT2D eigenvalue weighted by Crippen LogP contribution is -2.63. The van der Waals surface area contributed by atoms with Gasteiger partial charge in [-0.15, -0.1) is 0 Å². The number of piperidine rings is 1. The van der Waals surface area contributed by atoms with E-state index in [-0.39, 0.29) is 12.1 Å². The minimum Gasteiger partial charge on any atom is -0.444 e. The molecule has 0 unspecified atom stereocenters. The van der Waals surface area contributed by atoms with Crippen molar-refractivity contribution in [2.45, 2.75) is 52.2 Å². The van der Waals surface area contributed by atoms with Crippen LogP contribution < -0.4 is 10.6 Å². The number of nitrogens with zero attached hydrogens (tertiary/aromatic N) is 3. The standard InChI is InChI=1S/C20H39N5O3/c1-6-21-18(22-13-16-7-9-24(10-8-16)11-12-27-5)23-17-14-25(15-17)19(26)28-20(2,3)4/h16-17H,6-15H2,1-5H3,(H2,21,22,23). The lowest BCUT2D eigenvalue weighted by atomic mass is 9.97. The van der Waals surface area contributed by atoms with E-state index in [1.807, 2.05) is 20.8 Å². The Labute approximate surface area is 170 Å². The molecule has 2 saturated heterocycles. The highest BCUT2D eigenvalue weighted by atomic mass is 16.6. The maximum atomic E-state index is 12.0. The number of rotatable bonds is 7. The fraction of sp³-hybridized carbons (Fsp3) is 0.900. The van der Waals surface area contributed by atoms with E-state index in [1.54, 1.807) is 12.0 Å². The van der Waals surface area contributed by atoms with Gasteiger partial charge in [-0.2, -0.15) is 0 Å². The number of hydrogen-bond donors (Lipinski definition) is 2. The van der Waals surface area contributed by atoms with Crippen molar-refractivity contribution >= 4 is 12.1 Å². The molecule has 1 amide bonds. The summed E-state index contributed by atoms with van der Waals surface area (Å²) in [5.74, 6) is 1.48. The van der Waals surface area contributed by atoms with Crippen LogP contribution in [0, 0.1) is 5.92 Å². The van der Waals surface area contributed by atoms with Crippen molar-refractivity contribution in [1.82, 2.24) is 20.4 Å². The molecule has 28 heavy (non-hydrogen) atoms. The summed E-state index contributed by atoms with van der Waals surface area (Å²) in [4.78, 5) is 21.0. The van der Waals surface area contributed by atoms with Gasteiger partial charge in [-0.1, -0.05) is 0 Å². The third kappa shape index (κ3) is 7.83. The van der Waals surface area contributed by atoms with Gasteiger partial charge >= 0.3 is 6.09 Å². The third-order valence-electron chi connectivity index (χ3n) is 5.04. The van der Waals surface area contributed by atoms with E-state index in [1.165, 1.54) is 12.8 Å². The molecule has 162 valence electrons. The first-order chi connectivity index (χ1) is 13.3. The molecule has 0 aromatic heterocycles. The summed E-state index contributed by atoms with van der Waals surface area (Å²) in [7, 11) is 1.76. The van der Waals surface area contributed by atoms with Crippen LogP contribution in [0.3, 0.4) is 0 Å². The quantitative estimate of drug-likeness (QED) is 0.501. The summed E-state index contributed by atoms with van der Waals surface area (Å²) in [6.07, 6.45) is 2.12. The monoisotopic (exact) mass is 397 g/mol. The van der Waals surface area contributed by atoms with Gasteiger partial charge in [0.2, 0.25) is 0 Å². The molecule has 2 heterocycles. The number of aliphatic imine (C=N–C) groups is 1. The highest BCUT2D eigenvalue weighted by Crippen LogP contribution is 2.18. The van der Waals surface area contributed by atoms with Crippen LogP contribution in [0.15, 0.2) is 4.99 Å². The Morgan fingerprint density at radius 3 is 2.46 bits per heavy atom. The molecule has 8 nitrogen and oxygen atoms in total. The fourth-order valence-corrected chi connectivity index (χ4v) is 3.39. The van der Waals surface area contributed by atoms with Crippen molar-refractivity contribution in [3.63, 3.8) is 0 Å². The minimum absolute atomic E-state index is 0.223. The summed E-state index contributed by atoms with van der Waals surface area (Å²) in [6.45, 7) is 14.8. The average Bonchev–Trinajstić information content (AvgIpc) is 2.59. The van der Waals surface area contributed by atoms with Crippen molar-refractivity contribution in [2.24, 2.45) is 10.9 Å². The Bertz CT molecular complexity index is 506. The van der Waals surface area contributed by atoms with Crippen molar-refractivity contribution in [3.05, 3.63) is 0 Å². The summed E-state index contributed by atoms with van der Waals surface area (Å²) in [6, 6.07) is 0.223. The maximum Gasteiger partial charge on any atom is 0.410 e. The predicted octanol–water partition coefficient (Wildman–Crippen LogP) is 1.52. The first kappa shape index (κ1) is 22.7. The second-order valence-electron chi connectivity index (χ2n) is 8.72. The molecule has 0 atom stereocenters. The predicted molar refractivity (Wildman–Crippen MR) is 112 cm³/mol. The number of guanidine groups is 1. The van der Waals surface area contributed by atoms with E-state index in [0.29, 0.717) is 19.0 Å². The van der Waals surface area contributed by atoms with Crippen LogP contribution in [-0.2, 0) is 9.47 Å². The smallest absolute Gasteiger partial charge is 0.410 e. The average molecular weight is 398 g/mol. The molecule has 0 aromatic rings. The van der Waals surface area contributed by atoms with Gasteiger partial charge in [0.15, 0.2) is 5.96 Å². The first-order valence-corrected chi connectivity index (χ1v) is 10.5. The van der Waals surface area contributed by atoms with Gasteiger partial charge in [-0.05, 0) is 59.5 Å². The molecular weight excluding hydrogens is 358 g/mol. The second-order valence-corrected chi connectivity index (χ2v) is 8.72. The first-order valence-electron chi connectivity index (χ1n) is 10.5. The fourth-order valence-electron chi connectivity index (χ4n) is 3.39. The van der Waals surface area contributed by atoms with Crippen molar-refractivity contribution in [1.29, 1.82) is 0 Å². The third-order valence-corrected chi connectivity index (χ3v) is 5.04. The zero-order chi connectivity index (χ0) is 20.6. The Balaban J connectivity index is 1.71. The molecule has 8 heteroatoms. The number of likely N-dealkylation sites (tertiary alicyclic amines) is 2. The zero-order valence-corrected chi connectivity index (χ0v) is 18.3. The van der Waals surface area contributed by atoms with E-state index in [9.17, 15) is 4.79 Å². The number of amides is 1. The number of hydrogen-bond acceptors (Lipinski definition) is 5. The molecule has 0 saturated carbocycles. The van der Waals surface area contributed by atoms with E-state index in [0.717, 1.165) is 45.3 Å². The Kier molecular flexibility index (Phi) is 8.82. The van der Waals surface area contributed by atoms with Gasteiger partial charge in [0.1, 0.15) is 5.60 Å². The van der Waals surface area contributed by atoms with E-state index >= 15 is 0 Å². The summed E-state index contributed by atoms with van der Waals surface area (Å²) in [5.41, 5.74) is -0.453. The van der Waals surface area contributed by atoms with Gasteiger partial charge in [0, 0.05) is 39.8 Å². The SMILES string of the molecule is CCNC(=NCC1CCN(CCOC)CC1)NC1CN(C(=O)OC(C)(C)C)C1. The number of nitrogens with one attached hydrogen (secondary N) is 2. The van der Waals surface area contributed by atoms with Gasteiger partial charge in [0.25, 0.3) is 0 Å². The molecule has 2 N–H and O–H groups in total. The van der Waals surface area contributed by atoms with Crippen LogP contribution in [0.5, 0.6) is 0 Å². The van der Waals surface area contributed by atoms with Gasteiger partial charge < -0.3 is 29.9 Å². The molecule has 2 aliphatic heterocycles. The van der Waals surface area contributed by atoms with Gasteiger partial charge in [-0.25, -0.2) is 4.79 Å². The van der Waals surface area contributed by atoms with E-state index in [2.05, 4.69) is 22.5 Å². The molecule has 0 aromatic carbocycles. The van der Waals surface area contributed by atoms with Gasteiger partial charge in [-0.3, -0.25) is 4.99 Å². The largest absolute Gasteiger partial charge is 0.444 e. The number of carbonyl (C=O) groups is 1. The Hall–Kier alpha value is -1.54. The zero-order valence-electron chi connectivity index (χ0n) is 18.3. The van der Waals surface area contributed by atoms with Crippen LogP contribution in [0.25, 0.3) is 0 Å². The molecule has 2 aliphatic rings. The highest BCUT2D eigenvalue weighted by molar-refractivity contribution is 5.80. The lowest BCUT2D eigenvalue weighted by molar-refractivity contribution is 0.00700. The molecule has 2 rings (SSSR count). The molecule has 0 aliphatic carbocycles. The summed E-state index contributed by atoms with van der Waals surface area (Å²) < 4.78 is 10.6. The molecule has 0 radical (unpaired) electrons. The molecule has 0 bridgehead atoms. The summed E-state index contributed by atoms with van der Waals surface area (Å²) in [5, 5.41) is 6.76. The van der Waals surface area contributed by atoms with Crippen LogP contribution in [0.2, 0.25) is 0 Å². The van der Waals surface area contributed by atoms with Crippen LogP contribution in [0.1, 0.15) is 40.5 Å². The number of carbonyl (C=O) groups excluding carboxylic acids is 1.